The highest BCUT2D eigenvalue weighted by atomic mass is 127. The topological polar surface area (TPSA) is 56.0 Å². The molecule has 0 saturated carbocycles. The molecule has 0 aromatic carbocycles. The molecule has 0 aliphatic heterocycles. The van der Waals surface area contributed by atoms with Crippen LogP contribution >= 0.6 is 22.6 Å². The van der Waals surface area contributed by atoms with Gasteiger partial charge >= 0.3 is 12.0 Å². The van der Waals surface area contributed by atoms with Crippen molar-refractivity contribution in [3.63, 3.8) is 0 Å². The van der Waals surface area contributed by atoms with E-state index in [0.717, 1.165) is 6.07 Å². The quantitative estimate of drug-likeness (QED) is 0.346. The number of nitrogens with zero attached hydrogens (tertiary/aromatic N) is 2. The summed E-state index contributed by atoms with van der Waals surface area (Å²) >= 11 is 1.60. The van der Waals surface area contributed by atoms with Gasteiger partial charge in [0, 0.05) is 22.6 Å². The van der Waals surface area contributed by atoms with E-state index in [1.807, 2.05) is 0 Å². The summed E-state index contributed by atoms with van der Waals surface area (Å²) in [5.74, 6) is -1.16. The Morgan fingerprint density at radius 1 is 1.43 bits per heavy atom. The summed E-state index contributed by atoms with van der Waals surface area (Å²) in [4.78, 5) is 12.3. The molecule has 76 valence electrons. The van der Waals surface area contributed by atoms with Crippen molar-refractivity contribution in [1.29, 1.82) is 0 Å². The Kier molecular flexibility index (Phi) is 2.92. The first kappa shape index (κ1) is 11.1. The highest BCUT2D eigenvalue weighted by Crippen LogP contribution is 2.34. The fraction of sp³-hybridized carbons (Fsp3) is 0.167. The Bertz CT molecular complexity index is 380. The van der Waals surface area contributed by atoms with Crippen molar-refractivity contribution in [2.45, 2.75) is 6.18 Å². The molecule has 0 radical (unpaired) electrons. The van der Waals surface area contributed by atoms with Gasteiger partial charge < -0.3 is 10.1 Å². The third kappa shape index (κ3) is 2.30. The lowest BCUT2D eigenvalue weighted by molar-refractivity contribution is -0.392. The molecule has 0 spiro atoms. The second-order valence-corrected chi connectivity index (χ2v) is 3.37. The standard InChI is InChI=1S/C6H2F3IN2O2/c7-6(8,9)3-1-2-4(10)11-5(3)12(13)14/h1-2H. The summed E-state index contributed by atoms with van der Waals surface area (Å²) < 4.78 is 36.7. The van der Waals surface area contributed by atoms with Crippen molar-refractivity contribution in [1.82, 2.24) is 4.98 Å². The van der Waals surface area contributed by atoms with Crippen LogP contribution in [-0.4, -0.2) is 9.91 Å². The zero-order valence-corrected chi connectivity index (χ0v) is 8.53. The van der Waals surface area contributed by atoms with Crippen molar-refractivity contribution in [3.8, 4) is 0 Å². The maximum absolute atomic E-state index is 12.2. The van der Waals surface area contributed by atoms with Crippen molar-refractivity contribution in [3.05, 3.63) is 31.5 Å². The summed E-state index contributed by atoms with van der Waals surface area (Å²) in [6.07, 6.45) is -4.75. The second kappa shape index (κ2) is 3.67. The molecule has 0 saturated heterocycles. The molecular weight excluding hydrogens is 316 g/mol. The third-order valence-corrected chi connectivity index (χ3v) is 1.92. The van der Waals surface area contributed by atoms with Crippen LogP contribution in [0, 0.1) is 13.8 Å². The summed E-state index contributed by atoms with van der Waals surface area (Å²) in [5, 5.41) is 10.3. The Balaban J connectivity index is 3.37. The van der Waals surface area contributed by atoms with Crippen molar-refractivity contribution < 1.29 is 18.1 Å². The maximum atomic E-state index is 12.2. The molecule has 1 rings (SSSR count). The van der Waals surface area contributed by atoms with Crippen molar-refractivity contribution >= 4 is 28.4 Å². The van der Waals surface area contributed by atoms with Crippen LogP contribution in [0.5, 0.6) is 0 Å². The van der Waals surface area contributed by atoms with Crippen LogP contribution in [0.15, 0.2) is 12.1 Å². The molecule has 0 unspecified atom stereocenters. The van der Waals surface area contributed by atoms with E-state index in [4.69, 9.17) is 0 Å². The lowest BCUT2D eigenvalue weighted by atomic mass is 10.2. The van der Waals surface area contributed by atoms with Gasteiger partial charge in [0.1, 0.15) is 0 Å². The van der Waals surface area contributed by atoms with Crippen LogP contribution < -0.4 is 0 Å². The van der Waals surface area contributed by atoms with Crippen molar-refractivity contribution in [2.24, 2.45) is 0 Å². The molecule has 4 nitrogen and oxygen atoms in total. The molecule has 0 N–H and O–H groups in total. The number of nitro groups is 1. The molecule has 0 aliphatic carbocycles. The zero-order chi connectivity index (χ0) is 10.9. The SMILES string of the molecule is O=[N+]([O-])c1nc(I)ccc1C(F)(F)F. The fourth-order valence-corrected chi connectivity index (χ4v) is 1.19. The average molecular weight is 318 g/mol. The van der Waals surface area contributed by atoms with Crippen LogP contribution in [0.4, 0.5) is 19.0 Å². The van der Waals surface area contributed by atoms with Crippen LogP contribution in [0.1, 0.15) is 5.56 Å². The van der Waals surface area contributed by atoms with Gasteiger partial charge in [-0.2, -0.15) is 13.2 Å². The Morgan fingerprint density at radius 3 is 2.43 bits per heavy atom. The number of alkyl halides is 3. The number of pyridine rings is 1. The highest BCUT2D eigenvalue weighted by molar-refractivity contribution is 14.1. The molecule has 0 amide bonds. The minimum Gasteiger partial charge on any atom is -0.358 e. The molecule has 0 bridgehead atoms. The Labute approximate surface area is 89.4 Å². The van der Waals surface area contributed by atoms with E-state index in [1.54, 1.807) is 22.6 Å². The van der Waals surface area contributed by atoms with Gasteiger partial charge in [-0.3, -0.25) is 0 Å². The van der Waals surface area contributed by atoms with E-state index in [0.29, 0.717) is 6.07 Å². The lowest BCUT2D eigenvalue weighted by Crippen LogP contribution is -2.10. The number of rotatable bonds is 1. The lowest BCUT2D eigenvalue weighted by Gasteiger charge is -2.05. The van der Waals surface area contributed by atoms with Gasteiger partial charge in [0.15, 0.2) is 5.56 Å². The molecule has 0 fully saturated rings. The first-order chi connectivity index (χ1) is 6.32. The van der Waals surface area contributed by atoms with Crippen molar-refractivity contribution in [2.75, 3.05) is 0 Å². The predicted octanol–water partition coefficient (Wildman–Crippen LogP) is 2.61. The molecule has 1 heterocycles. The smallest absolute Gasteiger partial charge is 0.358 e. The number of halogens is 4. The molecule has 1 aromatic heterocycles. The van der Waals surface area contributed by atoms with Gasteiger partial charge in [-0.25, -0.2) is 0 Å². The fourth-order valence-electron chi connectivity index (χ4n) is 0.786. The predicted molar refractivity (Wildman–Crippen MR) is 48.6 cm³/mol. The Hall–Kier alpha value is -0.930. The molecule has 0 aliphatic rings. The van der Waals surface area contributed by atoms with Gasteiger partial charge in [0.25, 0.3) is 0 Å². The summed E-state index contributed by atoms with van der Waals surface area (Å²) in [6, 6.07) is 1.71. The summed E-state index contributed by atoms with van der Waals surface area (Å²) in [6.45, 7) is 0. The molecule has 0 atom stereocenters. The van der Waals surface area contributed by atoms with Gasteiger partial charge in [0.2, 0.25) is 3.70 Å². The minimum atomic E-state index is -4.75. The first-order valence-corrected chi connectivity index (χ1v) is 4.28. The van der Waals surface area contributed by atoms with Gasteiger partial charge in [0.05, 0.1) is 0 Å². The van der Waals surface area contributed by atoms with E-state index >= 15 is 0 Å². The van der Waals surface area contributed by atoms with Gasteiger partial charge in [-0.1, -0.05) is 0 Å². The van der Waals surface area contributed by atoms with Crippen LogP contribution in [-0.2, 0) is 6.18 Å². The molecule has 1 aromatic rings. The largest absolute Gasteiger partial charge is 0.424 e. The van der Waals surface area contributed by atoms with Crippen LogP contribution in [0.3, 0.4) is 0 Å². The number of aromatic nitrogens is 1. The normalized spacial score (nSPS) is 11.4. The average Bonchev–Trinajstić information content (AvgIpc) is 2.01. The van der Waals surface area contributed by atoms with E-state index in [-0.39, 0.29) is 3.70 Å². The third-order valence-electron chi connectivity index (χ3n) is 1.32. The van der Waals surface area contributed by atoms with Crippen LogP contribution in [0.25, 0.3) is 0 Å². The minimum absolute atomic E-state index is 0.141. The van der Waals surface area contributed by atoms with E-state index in [9.17, 15) is 23.3 Å². The zero-order valence-electron chi connectivity index (χ0n) is 6.38. The van der Waals surface area contributed by atoms with Gasteiger partial charge in [-0.15, -0.1) is 0 Å². The highest BCUT2D eigenvalue weighted by Gasteiger charge is 2.39. The molecule has 8 heteroatoms. The monoisotopic (exact) mass is 318 g/mol. The van der Waals surface area contributed by atoms with E-state index in [1.165, 1.54) is 0 Å². The van der Waals surface area contributed by atoms with Gasteiger partial charge in [-0.05, 0) is 22.0 Å². The van der Waals surface area contributed by atoms with E-state index < -0.39 is 22.5 Å². The second-order valence-electron chi connectivity index (χ2n) is 2.26. The molecular formula is C6H2F3IN2O2. The van der Waals surface area contributed by atoms with E-state index in [2.05, 4.69) is 4.98 Å². The number of hydrogen-bond acceptors (Lipinski definition) is 3. The first-order valence-electron chi connectivity index (χ1n) is 3.20. The number of hydrogen-bond donors (Lipinski definition) is 0. The Morgan fingerprint density at radius 2 is 2.00 bits per heavy atom. The maximum Gasteiger partial charge on any atom is 0.424 e. The molecule has 14 heavy (non-hydrogen) atoms. The summed E-state index contributed by atoms with van der Waals surface area (Å²) in [7, 11) is 0. The summed E-state index contributed by atoms with van der Waals surface area (Å²) in [5.41, 5.74) is -1.33. The van der Waals surface area contributed by atoms with Crippen LogP contribution in [0.2, 0.25) is 0 Å².